The zero-order valence-electron chi connectivity index (χ0n) is 11.7. The summed E-state index contributed by atoms with van der Waals surface area (Å²) in [5, 5.41) is 3.03. The number of carbonyl (C=O) groups excluding carboxylic acids is 1. The lowest BCUT2D eigenvalue weighted by Crippen LogP contribution is -2.39. The molecule has 0 saturated carbocycles. The van der Waals surface area contributed by atoms with Crippen molar-refractivity contribution in [3.05, 3.63) is 23.8 Å². The Morgan fingerprint density at radius 1 is 1.32 bits per heavy atom. The smallest absolute Gasteiger partial charge is 0.255 e. The van der Waals surface area contributed by atoms with Gasteiger partial charge in [0, 0.05) is 10.5 Å². The molecule has 1 atom stereocenters. The van der Waals surface area contributed by atoms with Crippen molar-refractivity contribution in [2.75, 3.05) is 18.6 Å². The molecule has 0 spiro atoms. The molecule has 1 unspecified atom stereocenters. The van der Waals surface area contributed by atoms with Gasteiger partial charge in [-0.2, -0.15) is 0 Å². The number of halogens is 1. The van der Waals surface area contributed by atoms with Gasteiger partial charge in [0.2, 0.25) is 0 Å². The summed E-state index contributed by atoms with van der Waals surface area (Å²) in [4.78, 5) is 12.3. The van der Waals surface area contributed by atoms with Crippen molar-refractivity contribution in [2.45, 2.75) is 19.9 Å². The van der Waals surface area contributed by atoms with E-state index >= 15 is 0 Å². The van der Waals surface area contributed by atoms with Crippen LogP contribution < -0.4 is 14.8 Å². The standard InChI is InChI=1S/C14H20INO3/c1-9(2)11(8-15)16-14(17)10-6-5-7-12(18-3)13(10)19-4/h5-7,9,11H,8H2,1-4H3,(H,16,17). The maximum Gasteiger partial charge on any atom is 0.255 e. The minimum absolute atomic E-state index is 0.133. The maximum absolute atomic E-state index is 12.3. The summed E-state index contributed by atoms with van der Waals surface area (Å²) in [6.07, 6.45) is 0. The van der Waals surface area contributed by atoms with Gasteiger partial charge in [0.25, 0.3) is 5.91 Å². The normalized spacial score (nSPS) is 12.1. The fourth-order valence-electron chi connectivity index (χ4n) is 1.70. The fourth-order valence-corrected chi connectivity index (χ4v) is 2.93. The monoisotopic (exact) mass is 377 g/mol. The van der Waals surface area contributed by atoms with E-state index in [1.807, 2.05) is 0 Å². The molecule has 106 valence electrons. The second kappa shape index (κ2) is 7.57. The van der Waals surface area contributed by atoms with Crippen LogP contribution >= 0.6 is 22.6 Å². The number of ether oxygens (including phenoxy) is 2. The number of hydrogen-bond donors (Lipinski definition) is 1. The van der Waals surface area contributed by atoms with Gasteiger partial charge < -0.3 is 14.8 Å². The summed E-state index contributed by atoms with van der Waals surface area (Å²) >= 11 is 2.28. The van der Waals surface area contributed by atoms with Gasteiger partial charge in [0.15, 0.2) is 11.5 Å². The van der Waals surface area contributed by atoms with E-state index in [0.29, 0.717) is 23.0 Å². The predicted molar refractivity (Wildman–Crippen MR) is 84.5 cm³/mol. The predicted octanol–water partition coefficient (Wildman–Crippen LogP) is 2.89. The Bertz CT molecular complexity index is 435. The van der Waals surface area contributed by atoms with Crippen molar-refractivity contribution in [3.8, 4) is 11.5 Å². The zero-order valence-corrected chi connectivity index (χ0v) is 13.9. The van der Waals surface area contributed by atoms with E-state index in [1.165, 1.54) is 7.11 Å². The number of amides is 1. The van der Waals surface area contributed by atoms with Crippen LogP contribution in [-0.4, -0.2) is 30.6 Å². The highest BCUT2D eigenvalue weighted by Crippen LogP contribution is 2.30. The van der Waals surface area contributed by atoms with Gasteiger partial charge in [-0.25, -0.2) is 0 Å². The van der Waals surface area contributed by atoms with Crippen LogP contribution in [0.1, 0.15) is 24.2 Å². The highest BCUT2D eigenvalue weighted by molar-refractivity contribution is 14.1. The van der Waals surface area contributed by atoms with Gasteiger partial charge in [0.05, 0.1) is 19.8 Å². The Morgan fingerprint density at radius 2 is 2.00 bits per heavy atom. The highest BCUT2D eigenvalue weighted by atomic mass is 127. The average molecular weight is 377 g/mol. The second-order valence-electron chi connectivity index (χ2n) is 4.52. The first-order valence-corrected chi connectivity index (χ1v) is 7.65. The van der Waals surface area contributed by atoms with Gasteiger partial charge >= 0.3 is 0 Å². The third-order valence-electron chi connectivity index (χ3n) is 2.94. The molecule has 0 aromatic heterocycles. The van der Waals surface area contributed by atoms with Crippen LogP contribution in [0.15, 0.2) is 18.2 Å². The van der Waals surface area contributed by atoms with Crippen molar-refractivity contribution >= 4 is 28.5 Å². The molecule has 0 radical (unpaired) electrons. The third kappa shape index (κ3) is 3.99. The lowest BCUT2D eigenvalue weighted by atomic mass is 10.1. The maximum atomic E-state index is 12.3. The molecule has 1 N–H and O–H groups in total. The van der Waals surface area contributed by atoms with Crippen molar-refractivity contribution in [1.29, 1.82) is 0 Å². The zero-order chi connectivity index (χ0) is 14.4. The van der Waals surface area contributed by atoms with Gasteiger partial charge in [-0.15, -0.1) is 0 Å². The van der Waals surface area contributed by atoms with Crippen molar-refractivity contribution in [3.63, 3.8) is 0 Å². The Morgan fingerprint density at radius 3 is 2.47 bits per heavy atom. The number of para-hydroxylation sites is 1. The third-order valence-corrected chi connectivity index (χ3v) is 3.88. The summed E-state index contributed by atoms with van der Waals surface area (Å²) in [5.41, 5.74) is 0.498. The molecule has 0 aliphatic carbocycles. The van der Waals surface area contributed by atoms with E-state index in [2.05, 4.69) is 41.8 Å². The van der Waals surface area contributed by atoms with E-state index < -0.39 is 0 Å². The molecular formula is C14H20INO3. The van der Waals surface area contributed by atoms with E-state index in [4.69, 9.17) is 9.47 Å². The fraction of sp³-hybridized carbons (Fsp3) is 0.500. The summed E-state index contributed by atoms with van der Waals surface area (Å²) in [7, 11) is 3.09. The number of methoxy groups -OCH3 is 2. The van der Waals surface area contributed by atoms with Crippen LogP contribution in [0.25, 0.3) is 0 Å². The van der Waals surface area contributed by atoms with Crippen LogP contribution in [0.5, 0.6) is 11.5 Å². The number of hydrogen-bond acceptors (Lipinski definition) is 3. The topological polar surface area (TPSA) is 47.6 Å². The molecule has 0 aliphatic rings. The van der Waals surface area contributed by atoms with Crippen molar-refractivity contribution in [2.24, 2.45) is 5.92 Å². The molecule has 1 aromatic rings. The number of rotatable bonds is 6. The SMILES string of the molecule is COc1cccc(C(=O)NC(CI)C(C)C)c1OC. The first kappa shape index (κ1) is 16.1. The summed E-state index contributed by atoms with van der Waals surface area (Å²) in [6, 6.07) is 5.43. The van der Waals surface area contributed by atoms with Gasteiger partial charge in [0.1, 0.15) is 0 Å². The average Bonchev–Trinajstić information content (AvgIpc) is 2.42. The number of benzene rings is 1. The van der Waals surface area contributed by atoms with E-state index in [-0.39, 0.29) is 11.9 Å². The molecule has 0 fully saturated rings. The molecular weight excluding hydrogens is 357 g/mol. The first-order valence-electron chi connectivity index (χ1n) is 6.13. The molecule has 5 heteroatoms. The van der Waals surface area contributed by atoms with Gasteiger partial charge in [-0.05, 0) is 18.1 Å². The molecule has 1 amide bonds. The van der Waals surface area contributed by atoms with E-state index in [9.17, 15) is 4.79 Å². The molecule has 1 rings (SSSR count). The molecule has 0 heterocycles. The highest BCUT2D eigenvalue weighted by Gasteiger charge is 2.20. The first-order chi connectivity index (χ1) is 9.04. The number of alkyl halides is 1. The minimum Gasteiger partial charge on any atom is -0.493 e. The Kier molecular flexibility index (Phi) is 6.41. The lowest BCUT2D eigenvalue weighted by Gasteiger charge is -2.21. The van der Waals surface area contributed by atoms with Gasteiger partial charge in [-0.1, -0.05) is 42.5 Å². The molecule has 4 nitrogen and oxygen atoms in total. The largest absolute Gasteiger partial charge is 0.493 e. The van der Waals surface area contributed by atoms with Gasteiger partial charge in [-0.3, -0.25) is 4.79 Å². The van der Waals surface area contributed by atoms with Crippen LogP contribution in [0.3, 0.4) is 0 Å². The Labute approximate surface area is 128 Å². The molecule has 0 bridgehead atoms. The molecule has 19 heavy (non-hydrogen) atoms. The van der Waals surface area contributed by atoms with Crippen LogP contribution in [0.4, 0.5) is 0 Å². The quantitative estimate of drug-likeness (QED) is 0.613. The second-order valence-corrected chi connectivity index (χ2v) is 5.40. The Balaban J connectivity index is 2.99. The number of carbonyl (C=O) groups is 1. The Hall–Kier alpha value is -0.980. The lowest BCUT2D eigenvalue weighted by molar-refractivity contribution is 0.0928. The number of nitrogens with one attached hydrogen (secondary N) is 1. The minimum atomic E-state index is -0.133. The van der Waals surface area contributed by atoms with Crippen LogP contribution in [0, 0.1) is 5.92 Å². The van der Waals surface area contributed by atoms with E-state index in [0.717, 1.165) is 4.43 Å². The molecule has 1 aromatic carbocycles. The van der Waals surface area contributed by atoms with Crippen LogP contribution in [0.2, 0.25) is 0 Å². The molecule has 0 aliphatic heterocycles. The molecule has 0 saturated heterocycles. The summed E-state index contributed by atoms with van der Waals surface area (Å²) in [5.74, 6) is 1.28. The van der Waals surface area contributed by atoms with Crippen molar-refractivity contribution in [1.82, 2.24) is 5.32 Å². The summed E-state index contributed by atoms with van der Waals surface area (Å²) in [6.45, 7) is 4.18. The summed E-state index contributed by atoms with van der Waals surface area (Å²) < 4.78 is 11.3. The van der Waals surface area contributed by atoms with E-state index in [1.54, 1.807) is 25.3 Å². The van der Waals surface area contributed by atoms with Crippen LogP contribution in [-0.2, 0) is 0 Å². The van der Waals surface area contributed by atoms with Crippen molar-refractivity contribution < 1.29 is 14.3 Å².